The van der Waals surface area contributed by atoms with Gasteiger partial charge in [0.05, 0.1) is 5.92 Å². The van der Waals surface area contributed by atoms with E-state index < -0.39 is 0 Å². The predicted octanol–water partition coefficient (Wildman–Crippen LogP) is 2.05. The van der Waals surface area contributed by atoms with Crippen LogP contribution in [0.3, 0.4) is 0 Å². The molecule has 5 heteroatoms. The van der Waals surface area contributed by atoms with Gasteiger partial charge in [-0.05, 0) is 43.4 Å². The van der Waals surface area contributed by atoms with Gasteiger partial charge in [0.15, 0.2) is 0 Å². The van der Waals surface area contributed by atoms with E-state index in [-0.39, 0.29) is 17.7 Å². The summed E-state index contributed by atoms with van der Waals surface area (Å²) in [5.74, 6) is -0.172. The van der Waals surface area contributed by atoms with E-state index in [0.717, 1.165) is 18.4 Å². The van der Waals surface area contributed by atoms with Gasteiger partial charge in [-0.1, -0.05) is 11.6 Å². The van der Waals surface area contributed by atoms with Gasteiger partial charge < -0.3 is 10.2 Å². The molecule has 1 aliphatic carbocycles. The summed E-state index contributed by atoms with van der Waals surface area (Å²) in [7, 11) is 0. The molecule has 1 saturated heterocycles. The molecule has 1 N–H and O–H groups in total. The highest BCUT2D eigenvalue weighted by atomic mass is 16.2. The Balaban J connectivity index is 1.50. The monoisotopic (exact) mass is 313 g/mol. The van der Waals surface area contributed by atoms with Crippen molar-refractivity contribution in [2.45, 2.75) is 38.6 Å². The molecular formula is C18H23N3O2. The summed E-state index contributed by atoms with van der Waals surface area (Å²) >= 11 is 0. The van der Waals surface area contributed by atoms with Gasteiger partial charge in [-0.15, -0.1) is 0 Å². The molecule has 5 nitrogen and oxygen atoms in total. The van der Waals surface area contributed by atoms with Crippen LogP contribution in [0.25, 0.3) is 0 Å². The van der Waals surface area contributed by atoms with Crippen LogP contribution in [0.4, 0.5) is 0 Å². The number of hydrogen-bond donors (Lipinski definition) is 1. The third-order valence-corrected chi connectivity index (χ3v) is 4.58. The van der Waals surface area contributed by atoms with Crippen LogP contribution in [0, 0.1) is 5.92 Å². The first-order valence-corrected chi connectivity index (χ1v) is 8.34. The van der Waals surface area contributed by atoms with E-state index in [9.17, 15) is 9.59 Å². The van der Waals surface area contributed by atoms with Gasteiger partial charge in [0.1, 0.15) is 0 Å². The summed E-state index contributed by atoms with van der Waals surface area (Å²) < 4.78 is 0. The van der Waals surface area contributed by atoms with Gasteiger partial charge in [0.25, 0.3) is 0 Å². The minimum absolute atomic E-state index is 0.00190. The third-order valence-electron chi connectivity index (χ3n) is 4.58. The molecule has 1 unspecified atom stereocenters. The number of aromatic nitrogens is 1. The maximum Gasteiger partial charge on any atom is 0.225 e. The fraction of sp³-hybridized carbons (Fsp3) is 0.500. The topological polar surface area (TPSA) is 62.3 Å². The molecule has 1 aliphatic heterocycles. The van der Waals surface area contributed by atoms with Crippen molar-refractivity contribution in [3.8, 4) is 0 Å². The minimum atomic E-state index is -0.228. The normalized spacial score (nSPS) is 21.2. The first-order chi connectivity index (χ1) is 11.2. The number of amides is 2. The molecule has 122 valence electrons. The average Bonchev–Trinajstić information content (AvgIpc) is 2.95. The van der Waals surface area contributed by atoms with E-state index in [2.05, 4.69) is 16.4 Å². The Labute approximate surface area is 136 Å². The van der Waals surface area contributed by atoms with Crippen LogP contribution in [0.15, 0.2) is 36.2 Å². The first-order valence-electron chi connectivity index (χ1n) is 8.34. The largest absolute Gasteiger partial charge is 0.352 e. The Bertz CT molecular complexity index is 598. The molecule has 1 atom stereocenters. The van der Waals surface area contributed by atoms with Crippen molar-refractivity contribution in [1.82, 2.24) is 15.2 Å². The van der Waals surface area contributed by atoms with Crippen molar-refractivity contribution in [3.63, 3.8) is 0 Å². The van der Waals surface area contributed by atoms with E-state index in [4.69, 9.17) is 0 Å². The molecule has 3 rings (SSSR count). The number of nitrogens with one attached hydrogen (secondary N) is 1. The van der Waals surface area contributed by atoms with Crippen LogP contribution in [-0.4, -0.2) is 34.8 Å². The second kappa shape index (κ2) is 7.40. The van der Waals surface area contributed by atoms with E-state index in [0.29, 0.717) is 26.1 Å². The molecule has 0 spiro atoms. The molecule has 2 aliphatic rings. The summed E-state index contributed by atoms with van der Waals surface area (Å²) in [4.78, 5) is 30.2. The van der Waals surface area contributed by atoms with Crippen molar-refractivity contribution in [2.75, 3.05) is 13.1 Å². The second-order valence-corrected chi connectivity index (χ2v) is 6.36. The number of likely N-dealkylation sites (tertiary alicyclic amines) is 1. The minimum Gasteiger partial charge on any atom is -0.352 e. The first kappa shape index (κ1) is 15.7. The lowest BCUT2D eigenvalue weighted by molar-refractivity contribution is -0.129. The highest BCUT2D eigenvalue weighted by Gasteiger charge is 2.34. The lowest BCUT2D eigenvalue weighted by atomic mass is 9.99. The summed E-state index contributed by atoms with van der Waals surface area (Å²) in [6.07, 6.45) is 10.7. The molecule has 2 amide bonds. The highest BCUT2D eigenvalue weighted by Crippen LogP contribution is 2.21. The maximum atomic E-state index is 12.3. The van der Waals surface area contributed by atoms with E-state index >= 15 is 0 Å². The van der Waals surface area contributed by atoms with Gasteiger partial charge in [0, 0.05) is 38.4 Å². The second-order valence-electron chi connectivity index (χ2n) is 6.36. The lowest BCUT2D eigenvalue weighted by Crippen LogP contribution is -2.34. The Hall–Kier alpha value is -2.17. The van der Waals surface area contributed by atoms with Crippen molar-refractivity contribution in [2.24, 2.45) is 5.92 Å². The van der Waals surface area contributed by atoms with Crippen LogP contribution in [0.1, 0.15) is 37.7 Å². The summed E-state index contributed by atoms with van der Waals surface area (Å²) in [5, 5.41) is 3.00. The SMILES string of the molecule is O=C(NCC1=CCCCC1)C1CC(=O)N(Cc2ccncc2)C1. The van der Waals surface area contributed by atoms with Crippen molar-refractivity contribution < 1.29 is 9.59 Å². The van der Waals surface area contributed by atoms with Crippen LogP contribution in [0.5, 0.6) is 0 Å². The number of nitrogens with zero attached hydrogens (tertiary/aromatic N) is 2. The van der Waals surface area contributed by atoms with Gasteiger partial charge in [-0.2, -0.15) is 0 Å². The van der Waals surface area contributed by atoms with Crippen LogP contribution < -0.4 is 5.32 Å². The standard InChI is InChI=1S/C18H23N3O2/c22-17-10-16(13-21(17)12-15-6-8-19-9-7-15)18(23)20-11-14-4-2-1-3-5-14/h4,6-9,16H,1-3,5,10-13H2,(H,20,23). The summed E-state index contributed by atoms with van der Waals surface area (Å²) in [6.45, 7) is 1.69. The maximum absolute atomic E-state index is 12.3. The van der Waals surface area contributed by atoms with Crippen LogP contribution in [-0.2, 0) is 16.1 Å². The van der Waals surface area contributed by atoms with Crippen LogP contribution >= 0.6 is 0 Å². The Morgan fingerprint density at radius 3 is 2.87 bits per heavy atom. The van der Waals surface area contributed by atoms with E-state index in [1.54, 1.807) is 17.3 Å². The predicted molar refractivity (Wildman–Crippen MR) is 87.3 cm³/mol. The Morgan fingerprint density at radius 2 is 2.13 bits per heavy atom. The Kier molecular flexibility index (Phi) is 5.05. The fourth-order valence-electron chi connectivity index (χ4n) is 3.22. The zero-order valence-corrected chi connectivity index (χ0v) is 13.3. The van der Waals surface area contributed by atoms with Gasteiger partial charge in [0.2, 0.25) is 11.8 Å². The molecule has 2 heterocycles. The molecule has 1 aromatic rings. The number of carbonyl (C=O) groups excluding carboxylic acids is 2. The zero-order chi connectivity index (χ0) is 16.1. The fourth-order valence-corrected chi connectivity index (χ4v) is 3.22. The van der Waals surface area contributed by atoms with Gasteiger partial charge >= 0.3 is 0 Å². The Morgan fingerprint density at radius 1 is 1.30 bits per heavy atom. The van der Waals surface area contributed by atoms with E-state index in [1.165, 1.54) is 18.4 Å². The molecule has 23 heavy (non-hydrogen) atoms. The van der Waals surface area contributed by atoms with Crippen molar-refractivity contribution >= 4 is 11.8 Å². The number of hydrogen-bond acceptors (Lipinski definition) is 3. The number of carbonyl (C=O) groups is 2. The molecule has 0 saturated carbocycles. The molecule has 0 bridgehead atoms. The summed E-state index contributed by atoms with van der Waals surface area (Å²) in [5.41, 5.74) is 2.37. The van der Waals surface area contributed by atoms with Gasteiger partial charge in [-0.3, -0.25) is 14.6 Å². The number of pyridine rings is 1. The molecule has 0 aromatic carbocycles. The summed E-state index contributed by atoms with van der Waals surface area (Å²) in [6, 6.07) is 3.80. The van der Waals surface area contributed by atoms with Crippen LogP contribution in [0.2, 0.25) is 0 Å². The quantitative estimate of drug-likeness (QED) is 0.846. The molecular weight excluding hydrogens is 290 g/mol. The highest BCUT2D eigenvalue weighted by molar-refractivity contribution is 5.89. The molecule has 1 fully saturated rings. The third kappa shape index (κ3) is 4.18. The zero-order valence-electron chi connectivity index (χ0n) is 13.3. The van der Waals surface area contributed by atoms with Crippen molar-refractivity contribution in [3.05, 3.63) is 41.7 Å². The number of allylic oxidation sites excluding steroid dienone is 1. The average molecular weight is 313 g/mol. The lowest BCUT2D eigenvalue weighted by Gasteiger charge is -2.17. The van der Waals surface area contributed by atoms with Crippen molar-refractivity contribution in [1.29, 1.82) is 0 Å². The molecule has 0 radical (unpaired) electrons. The number of rotatable bonds is 5. The molecule has 1 aromatic heterocycles. The van der Waals surface area contributed by atoms with E-state index in [1.807, 2.05) is 12.1 Å². The van der Waals surface area contributed by atoms with Gasteiger partial charge in [-0.25, -0.2) is 0 Å². The smallest absolute Gasteiger partial charge is 0.225 e.